The molecule has 2 aromatic carbocycles. The Hall–Kier alpha value is -2.66. The van der Waals surface area contributed by atoms with Crippen LogP contribution in [0.25, 0.3) is 0 Å². The number of carbonyl (C=O) groups excluding carboxylic acids is 1. The maximum atomic E-state index is 12.9. The van der Waals surface area contributed by atoms with Crippen molar-refractivity contribution in [3.05, 3.63) is 71.8 Å². The molecule has 28 heavy (non-hydrogen) atoms. The largest absolute Gasteiger partial charge is 0.480 e. The molecule has 1 unspecified atom stereocenters. The molecule has 5 nitrogen and oxygen atoms in total. The Bertz CT molecular complexity index is 771. The fraction of sp³-hybridized carbons (Fsp3) is 0.391. The minimum atomic E-state index is -0.957. The van der Waals surface area contributed by atoms with Gasteiger partial charge in [0.25, 0.3) is 0 Å². The lowest BCUT2D eigenvalue weighted by Gasteiger charge is -2.34. The number of nitrogens with zero attached hydrogens (tertiary/aromatic N) is 2. The summed E-state index contributed by atoms with van der Waals surface area (Å²) in [5.41, 5.74) is 2.20. The van der Waals surface area contributed by atoms with E-state index >= 15 is 0 Å². The molecule has 3 rings (SSSR count). The number of rotatable bonds is 7. The van der Waals surface area contributed by atoms with Gasteiger partial charge in [-0.25, -0.2) is 4.79 Å². The van der Waals surface area contributed by atoms with Gasteiger partial charge >= 0.3 is 5.97 Å². The monoisotopic (exact) mass is 380 g/mol. The van der Waals surface area contributed by atoms with Crippen LogP contribution in [0.4, 0.5) is 0 Å². The van der Waals surface area contributed by atoms with Crippen molar-refractivity contribution in [3.63, 3.8) is 0 Å². The number of carboxylic acid groups (broad SMARTS) is 1. The number of carboxylic acids is 1. The van der Waals surface area contributed by atoms with Gasteiger partial charge in [0.1, 0.15) is 6.04 Å². The topological polar surface area (TPSA) is 60.9 Å². The second-order valence-electron chi connectivity index (χ2n) is 7.53. The van der Waals surface area contributed by atoms with Crippen molar-refractivity contribution in [3.8, 4) is 0 Å². The first kappa shape index (κ1) is 20.1. The maximum absolute atomic E-state index is 12.9. The quantitative estimate of drug-likeness (QED) is 0.802. The predicted octanol–water partition coefficient (Wildman–Crippen LogP) is 3.05. The summed E-state index contributed by atoms with van der Waals surface area (Å²) in [6.45, 7) is 2.61. The van der Waals surface area contributed by atoms with Crippen molar-refractivity contribution in [1.82, 2.24) is 9.80 Å². The summed E-state index contributed by atoms with van der Waals surface area (Å²) >= 11 is 0. The van der Waals surface area contributed by atoms with Crippen molar-refractivity contribution in [1.29, 1.82) is 0 Å². The molecule has 148 valence electrons. The van der Waals surface area contributed by atoms with E-state index in [1.165, 1.54) is 10.5 Å². The fourth-order valence-corrected chi connectivity index (χ4v) is 3.85. The van der Waals surface area contributed by atoms with E-state index in [0.717, 1.165) is 38.0 Å². The second kappa shape index (κ2) is 9.51. The van der Waals surface area contributed by atoms with Crippen LogP contribution in [0, 0.1) is 5.92 Å². The number of hydrogen-bond acceptors (Lipinski definition) is 3. The van der Waals surface area contributed by atoms with Crippen LogP contribution >= 0.6 is 0 Å². The van der Waals surface area contributed by atoms with E-state index in [1.807, 2.05) is 48.5 Å². The second-order valence-corrected chi connectivity index (χ2v) is 7.53. The number of aliphatic carboxylic acids is 1. The first-order valence-electron chi connectivity index (χ1n) is 9.84. The molecule has 0 bridgehead atoms. The molecule has 1 aliphatic heterocycles. The van der Waals surface area contributed by atoms with Gasteiger partial charge in [-0.05, 0) is 37.1 Å². The molecule has 1 amide bonds. The third kappa shape index (κ3) is 5.20. The van der Waals surface area contributed by atoms with E-state index in [-0.39, 0.29) is 11.8 Å². The van der Waals surface area contributed by atoms with Gasteiger partial charge in [-0.3, -0.25) is 9.69 Å². The summed E-state index contributed by atoms with van der Waals surface area (Å²) in [5, 5.41) is 9.66. The van der Waals surface area contributed by atoms with Crippen LogP contribution in [0.3, 0.4) is 0 Å². The lowest BCUT2D eigenvalue weighted by molar-refractivity contribution is -0.151. The van der Waals surface area contributed by atoms with Gasteiger partial charge in [-0.15, -0.1) is 0 Å². The van der Waals surface area contributed by atoms with Crippen LogP contribution in [0.2, 0.25) is 0 Å². The van der Waals surface area contributed by atoms with Gasteiger partial charge in [-0.2, -0.15) is 0 Å². The molecule has 1 heterocycles. The minimum absolute atomic E-state index is 0.0531. The van der Waals surface area contributed by atoms with Gasteiger partial charge in [0, 0.05) is 25.9 Å². The van der Waals surface area contributed by atoms with E-state index in [2.05, 4.69) is 17.0 Å². The molecule has 2 aromatic rings. The molecular formula is C23H28N2O3. The van der Waals surface area contributed by atoms with E-state index in [0.29, 0.717) is 6.42 Å². The third-order valence-corrected chi connectivity index (χ3v) is 5.56. The smallest absolute Gasteiger partial charge is 0.326 e. The summed E-state index contributed by atoms with van der Waals surface area (Å²) < 4.78 is 0. The molecule has 0 radical (unpaired) electrons. The zero-order chi connectivity index (χ0) is 19.9. The van der Waals surface area contributed by atoms with Crippen molar-refractivity contribution in [2.45, 2.75) is 31.8 Å². The standard InChI is InChI=1S/C23H28N2O3/c1-24(21(23(27)28)16-18-8-4-2-5-9-18)22(26)20-12-14-25(15-13-20)17-19-10-6-3-7-11-19/h2-11,20-21H,12-17H2,1H3,(H,27,28). The van der Waals surface area contributed by atoms with Crippen molar-refractivity contribution >= 4 is 11.9 Å². The highest BCUT2D eigenvalue weighted by Gasteiger charge is 2.33. The summed E-state index contributed by atoms with van der Waals surface area (Å²) in [4.78, 5) is 28.5. The predicted molar refractivity (Wildman–Crippen MR) is 109 cm³/mol. The number of amides is 1. The Morgan fingerprint density at radius 3 is 2.07 bits per heavy atom. The summed E-state index contributed by atoms with van der Waals surface area (Å²) in [7, 11) is 1.63. The van der Waals surface area contributed by atoms with Gasteiger partial charge in [0.15, 0.2) is 0 Å². The Morgan fingerprint density at radius 2 is 1.54 bits per heavy atom. The zero-order valence-electron chi connectivity index (χ0n) is 16.3. The van der Waals surface area contributed by atoms with Gasteiger partial charge < -0.3 is 10.0 Å². The summed E-state index contributed by atoms with van der Waals surface area (Å²) in [6, 6.07) is 19.0. The number of hydrogen-bond donors (Lipinski definition) is 1. The molecule has 0 aliphatic carbocycles. The lowest BCUT2D eigenvalue weighted by Crippen LogP contribution is -2.48. The Morgan fingerprint density at radius 1 is 1.00 bits per heavy atom. The van der Waals surface area contributed by atoms with Crippen LogP contribution in [0.1, 0.15) is 24.0 Å². The number of likely N-dealkylation sites (tertiary alicyclic amines) is 1. The minimum Gasteiger partial charge on any atom is -0.480 e. The molecule has 0 saturated carbocycles. The zero-order valence-corrected chi connectivity index (χ0v) is 16.3. The Kier molecular flexibility index (Phi) is 6.82. The average molecular weight is 380 g/mol. The Balaban J connectivity index is 1.56. The van der Waals surface area contributed by atoms with E-state index in [9.17, 15) is 14.7 Å². The maximum Gasteiger partial charge on any atom is 0.326 e. The molecule has 1 atom stereocenters. The van der Waals surface area contributed by atoms with E-state index in [1.54, 1.807) is 7.05 Å². The highest BCUT2D eigenvalue weighted by atomic mass is 16.4. The Labute approximate surface area is 166 Å². The average Bonchev–Trinajstić information content (AvgIpc) is 2.73. The molecule has 5 heteroatoms. The molecule has 0 spiro atoms. The molecule has 0 aromatic heterocycles. The highest BCUT2D eigenvalue weighted by Crippen LogP contribution is 2.22. The van der Waals surface area contributed by atoms with Crippen molar-refractivity contribution in [2.24, 2.45) is 5.92 Å². The summed E-state index contributed by atoms with van der Waals surface area (Å²) in [6.07, 6.45) is 1.87. The van der Waals surface area contributed by atoms with Crippen molar-refractivity contribution < 1.29 is 14.7 Å². The molecule has 1 fully saturated rings. The summed E-state index contributed by atoms with van der Waals surface area (Å²) in [5.74, 6) is -1.11. The van der Waals surface area contributed by atoms with E-state index < -0.39 is 12.0 Å². The highest BCUT2D eigenvalue weighted by molar-refractivity contribution is 5.85. The van der Waals surface area contributed by atoms with Crippen LogP contribution in [-0.4, -0.2) is 53.0 Å². The first-order chi connectivity index (χ1) is 13.5. The van der Waals surface area contributed by atoms with Crippen LogP contribution < -0.4 is 0 Å². The van der Waals surface area contributed by atoms with Gasteiger partial charge in [0.05, 0.1) is 0 Å². The van der Waals surface area contributed by atoms with Crippen LogP contribution in [0.5, 0.6) is 0 Å². The lowest BCUT2D eigenvalue weighted by atomic mass is 9.94. The van der Waals surface area contributed by atoms with E-state index in [4.69, 9.17) is 0 Å². The van der Waals surface area contributed by atoms with Gasteiger partial charge in [0.2, 0.25) is 5.91 Å². The number of likely N-dealkylation sites (N-methyl/N-ethyl adjacent to an activating group) is 1. The van der Waals surface area contributed by atoms with Crippen LogP contribution in [0.15, 0.2) is 60.7 Å². The molecule has 1 aliphatic rings. The fourth-order valence-electron chi connectivity index (χ4n) is 3.85. The number of benzene rings is 2. The number of carbonyl (C=O) groups is 2. The van der Waals surface area contributed by atoms with Gasteiger partial charge in [-0.1, -0.05) is 60.7 Å². The first-order valence-corrected chi connectivity index (χ1v) is 9.84. The SMILES string of the molecule is CN(C(=O)C1CCN(Cc2ccccc2)CC1)C(Cc1ccccc1)C(=O)O. The molecule has 1 saturated heterocycles. The van der Waals surface area contributed by atoms with Crippen LogP contribution in [-0.2, 0) is 22.6 Å². The number of piperidine rings is 1. The third-order valence-electron chi connectivity index (χ3n) is 5.56. The molecule has 1 N–H and O–H groups in total. The molecular weight excluding hydrogens is 352 g/mol. The normalized spacial score (nSPS) is 16.5. The van der Waals surface area contributed by atoms with Crippen molar-refractivity contribution in [2.75, 3.05) is 20.1 Å².